The molecule has 0 bridgehead atoms. The Hall–Kier alpha value is -1.75. The number of esters is 1. The van der Waals surface area contributed by atoms with Crippen molar-refractivity contribution >= 4 is 5.97 Å². The minimum absolute atomic E-state index is 0.206. The summed E-state index contributed by atoms with van der Waals surface area (Å²) in [5.74, 6) is 1.02. The summed E-state index contributed by atoms with van der Waals surface area (Å²) >= 11 is 0. The number of rotatable bonds is 6. The molecule has 1 aromatic rings. The van der Waals surface area contributed by atoms with Crippen molar-refractivity contribution in [3.8, 4) is 11.5 Å². The second-order valence-electron chi connectivity index (χ2n) is 3.35. The van der Waals surface area contributed by atoms with Crippen LogP contribution in [0.25, 0.3) is 0 Å². The Labute approximate surface area is 100 Å². The number of ether oxygens (including phenoxy) is 3. The smallest absolute Gasteiger partial charge is 0.308 e. The molecule has 0 radical (unpaired) electrons. The molecule has 5 heteroatoms. The van der Waals surface area contributed by atoms with E-state index in [1.54, 1.807) is 13.2 Å². The van der Waals surface area contributed by atoms with Crippen molar-refractivity contribution in [1.82, 2.24) is 0 Å². The summed E-state index contributed by atoms with van der Waals surface area (Å²) in [5.41, 5.74) is 6.46. The highest BCUT2D eigenvalue weighted by molar-refractivity contribution is 5.69. The molecule has 0 amide bonds. The summed E-state index contributed by atoms with van der Waals surface area (Å²) in [5, 5.41) is 0. The lowest BCUT2D eigenvalue weighted by atomic mass is 10.2. The minimum atomic E-state index is -0.304. The molecule has 0 aliphatic heterocycles. The van der Waals surface area contributed by atoms with Crippen LogP contribution in [0.2, 0.25) is 0 Å². The molecule has 1 rings (SSSR count). The summed E-state index contributed by atoms with van der Waals surface area (Å²) in [6.45, 7) is 0.629. The minimum Gasteiger partial charge on any atom is -0.497 e. The highest BCUT2D eigenvalue weighted by Gasteiger charge is 2.06. The maximum absolute atomic E-state index is 10.9. The van der Waals surface area contributed by atoms with Crippen molar-refractivity contribution < 1.29 is 19.0 Å². The lowest BCUT2D eigenvalue weighted by Gasteiger charge is -2.11. The number of hydrogen-bond acceptors (Lipinski definition) is 5. The zero-order chi connectivity index (χ0) is 12.7. The highest BCUT2D eigenvalue weighted by Crippen LogP contribution is 2.24. The van der Waals surface area contributed by atoms with Gasteiger partial charge in [0.15, 0.2) is 0 Å². The van der Waals surface area contributed by atoms with Gasteiger partial charge in [0.2, 0.25) is 0 Å². The summed E-state index contributed by atoms with van der Waals surface area (Å²) in [4.78, 5) is 10.9. The Balaban J connectivity index is 2.64. The van der Waals surface area contributed by atoms with Crippen LogP contribution in [0.3, 0.4) is 0 Å². The quantitative estimate of drug-likeness (QED) is 0.752. The predicted octanol–water partition coefficient (Wildman–Crippen LogP) is 1.10. The van der Waals surface area contributed by atoms with Crippen LogP contribution >= 0.6 is 0 Å². The molecule has 0 spiro atoms. The molecule has 0 aliphatic carbocycles. The third kappa shape index (κ3) is 3.96. The van der Waals surface area contributed by atoms with Gasteiger partial charge >= 0.3 is 5.97 Å². The molecular weight excluding hydrogens is 222 g/mol. The van der Waals surface area contributed by atoms with Crippen LogP contribution in [-0.2, 0) is 16.1 Å². The van der Waals surface area contributed by atoms with Crippen LogP contribution in [0.5, 0.6) is 11.5 Å². The number of nitrogens with two attached hydrogens (primary N) is 1. The van der Waals surface area contributed by atoms with Gasteiger partial charge in [-0.2, -0.15) is 0 Å². The van der Waals surface area contributed by atoms with Gasteiger partial charge in [-0.25, -0.2) is 0 Å². The Morgan fingerprint density at radius 1 is 1.35 bits per heavy atom. The zero-order valence-electron chi connectivity index (χ0n) is 10.1. The van der Waals surface area contributed by atoms with E-state index < -0.39 is 0 Å². The van der Waals surface area contributed by atoms with Gasteiger partial charge in [-0.1, -0.05) is 6.07 Å². The fourth-order valence-electron chi connectivity index (χ4n) is 1.31. The molecule has 0 heterocycles. The average molecular weight is 239 g/mol. The maximum atomic E-state index is 10.9. The molecule has 1 aromatic carbocycles. The number of carbonyl (C=O) groups is 1. The van der Waals surface area contributed by atoms with Gasteiger partial charge in [0.05, 0.1) is 27.2 Å². The molecule has 0 fully saturated rings. The second-order valence-corrected chi connectivity index (χ2v) is 3.35. The largest absolute Gasteiger partial charge is 0.497 e. The molecule has 0 aliphatic rings. The van der Waals surface area contributed by atoms with Crippen molar-refractivity contribution in [3.63, 3.8) is 0 Å². The van der Waals surface area contributed by atoms with E-state index in [0.717, 1.165) is 5.56 Å². The standard InChI is InChI=1S/C12H17NO4/c1-15-10-4-3-9(8-13)11(7-10)17-6-5-12(14)16-2/h3-4,7H,5-6,8,13H2,1-2H3. The molecule has 2 N–H and O–H groups in total. The summed E-state index contributed by atoms with van der Waals surface area (Å²) < 4.78 is 15.1. The summed E-state index contributed by atoms with van der Waals surface area (Å²) in [7, 11) is 2.93. The van der Waals surface area contributed by atoms with Gasteiger partial charge in [0.25, 0.3) is 0 Å². The van der Waals surface area contributed by atoms with Crippen LogP contribution in [0.4, 0.5) is 0 Å². The maximum Gasteiger partial charge on any atom is 0.308 e. The van der Waals surface area contributed by atoms with Crippen LogP contribution in [0.1, 0.15) is 12.0 Å². The van der Waals surface area contributed by atoms with E-state index in [-0.39, 0.29) is 19.0 Å². The van der Waals surface area contributed by atoms with Crippen LogP contribution in [0, 0.1) is 0 Å². The number of carbonyl (C=O) groups excluding carboxylic acids is 1. The molecule has 0 atom stereocenters. The molecule has 94 valence electrons. The van der Waals surface area contributed by atoms with E-state index in [0.29, 0.717) is 18.0 Å². The first-order chi connectivity index (χ1) is 8.21. The molecule has 0 saturated heterocycles. The second kappa shape index (κ2) is 6.75. The van der Waals surface area contributed by atoms with E-state index in [9.17, 15) is 4.79 Å². The number of hydrogen-bond donors (Lipinski definition) is 1. The first kappa shape index (κ1) is 13.3. The van der Waals surface area contributed by atoms with Crippen molar-refractivity contribution in [3.05, 3.63) is 23.8 Å². The Morgan fingerprint density at radius 2 is 2.12 bits per heavy atom. The van der Waals surface area contributed by atoms with E-state index in [1.807, 2.05) is 12.1 Å². The molecule has 5 nitrogen and oxygen atoms in total. The Morgan fingerprint density at radius 3 is 2.71 bits per heavy atom. The monoisotopic (exact) mass is 239 g/mol. The number of benzene rings is 1. The van der Waals surface area contributed by atoms with Gasteiger partial charge in [-0.05, 0) is 6.07 Å². The van der Waals surface area contributed by atoms with Gasteiger partial charge in [0.1, 0.15) is 11.5 Å². The van der Waals surface area contributed by atoms with E-state index in [1.165, 1.54) is 7.11 Å². The SMILES string of the molecule is COC(=O)CCOc1cc(OC)ccc1CN. The molecule has 0 unspecified atom stereocenters. The first-order valence-electron chi connectivity index (χ1n) is 5.28. The van der Waals surface area contributed by atoms with Gasteiger partial charge in [-0.15, -0.1) is 0 Å². The van der Waals surface area contributed by atoms with E-state index in [4.69, 9.17) is 15.2 Å². The molecule has 0 aromatic heterocycles. The van der Waals surface area contributed by atoms with Gasteiger partial charge < -0.3 is 19.9 Å². The summed E-state index contributed by atoms with van der Waals surface area (Å²) in [6.07, 6.45) is 0.206. The van der Waals surface area contributed by atoms with Crippen LogP contribution in [0.15, 0.2) is 18.2 Å². The lowest BCUT2D eigenvalue weighted by Crippen LogP contribution is -2.09. The normalized spacial score (nSPS) is 9.82. The lowest BCUT2D eigenvalue weighted by molar-refractivity contribution is -0.141. The van der Waals surface area contributed by atoms with E-state index >= 15 is 0 Å². The third-order valence-corrected chi connectivity index (χ3v) is 2.29. The van der Waals surface area contributed by atoms with Crippen molar-refractivity contribution in [2.45, 2.75) is 13.0 Å². The fourth-order valence-corrected chi connectivity index (χ4v) is 1.31. The third-order valence-electron chi connectivity index (χ3n) is 2.29. The fraction of sp³-hybridized carbons (Fsp3) is 0.417. The highest BCUT2D eigenvalue weighted by atomic mass is 16.5. The molecule has 0 saturated carbocycles. The first-order valence-corrected chi connectivity index (χ1v) is 5.28. The predicted molar refractivity (Wildman–Crippen MR) is 63.0 cm³/mol. The van der Waals surface area contributed by atoms with Crippen molar-refractivity contribution in [1.29, 1.82) is 0 Å². The number of methoxy groups -OCH3 is 2. The van der Waals surface area contributed by atoms with E-state index in [2.05, 4.69) is 4.74 Å². The van der Waals surface area contributed by atoms with Crippen molar-refractivity contribution in [2.24, 2.45) is 5.73 Å². The van der Waals surface area contributed by atoms with Crippen LogP contribution in [-0.4, -0.2) is 26.8 Å². The Kier molecular flexibility index (Phi) is 5.29. The van der Waals surface area contributed by atoms with Crippen LogP contribution < -0.4 is 15.2 Å². The zero-order valence-corrected chi connectivity index (χ0v) is 10.1. The topological polar surface area (TPSA) is 70.8 Å². The molecular formula is C12H17NO4. The van der Waals surface area contributed by atoms with Crippen molar-refractivity contribution in [2.75, 3.05) is 20.8 Å². The molecule has 17 heavy (non-hydrogen) atoms. The summed E-state index contributed by atoms with van der Waals surface area (Å²) in [6, 6.07) is 5.40. The Bertz CT molecular complexity index is 379. The average Bonchev–Trinajstić information content (AvgIpc) is 2.38. The van der Waals surface area contributed by atoms with Gasteiger partial charge in [0, 0.05) is 18.2 Å². The van der Waals surface area contributed by atoms with Gasteiger partial charge in [-0.3, -0.25) is 4.79 Å².